The van der Waals surface area contributed by atoms with Crippen molar-refractivity contribution in [2.45, 2.75) is 0 Å². The predicted octanol–water partition coefficient (Wildman–Crippen LogP) is 11.5. The fourth-order valence-electron chi connectivity index (χ4n) is 7.51. The van der Waals surface area contributed by atoms with Gasteiger partial charge in [-0.3, -0.25) is 4.57 Å². The summed E-state index contributed by atoms with van der Waals surface area (Å²) in [5.41, 5.74) is 7.60. The highest BCUT2D eigenvalue weighted by Gasteiger charge is 2.20. The molecule has 0 spiro atoms. The second kappa shape index (κ2) is 10.1. The molecule has 3 nitrogen and oxygen atoms in total. The van der Waals surface area contributed by atoms with E-state index in [2.05, 4.69) is 156 Å². The molecule has 0 saturated heterocycles. The summed E-state index contributed by atoms with van der Waals surface area (Å²) in [6.45, 7) is 0. The van der Waals surface area contributed by atoms with E-state index in [-0.39, 0.29) is 0 Å². The molecule has 0 radical (unpaired) electrons. The number of fused-ring (bicyclic) bond motifs is 10. The van der Waals surface area contributed by atoms with Crippen molar-refractivity contribution in [1.82, 2.24) is 14.5 Å². The lowest BCUT2D eigenvalue weighted by Crippen LogP contribution is -2.03. The Balaban J connectivity index is 1.31. The van der Waals surface area contributed by atoms with Gasteiger partial charge in [-0.15, -0.1) is 0 Å². The van der Waals surface area contributed by atoms with E-state index in [0.717, 1.165) is 33.2 Å². The number of aromatic nitrogens is 3. The number of hydrogen-bond donors (Lipinski definition) is 0. The summed E-state index contributed by atoms with van der Waals surface area (Å²) in [6.07, 6.45) is 0. The Morgan fingerprint density at radius 1 is 0.362 bits per heavy atom. The van der Waals surface area contributed by atoms with E-state index >= 15 is 0 Å². The summed E-state index contributed by atoms with van der Waals surface area (Å²) in [4.78, 5) is 10.4. The van der Waals surface area contributed by atoms with Crippen LogP contribution < -0.4 is 0 Å². The molecular weight excluding hydrogens is 571 g/mol. The van der Waals surface area contributed by atoms with Crippen molar-refractivity contribution < 1.29 is 0 Å². The summed E-state index contributed by atoms with van der Waals surface area (Å²) < 4.78 is 2.24. The molecule has 2 aromatic heterocycles. The standard InChI is InChI=1S/C44H27N3/c1-3-13-28(14-4-1)37-27-38-32(30-17-7-8-18-31(30)37)23-24-34-33(38)25-26-41-42(34)36-20-10-12-22-40(36)47(41)44-45-39-21-11-9-19-35(39)43(46-44)29-15-5-2-6-16-29/h1-27H. The van der Waals surface area contributed by atoms with Gasteiger partial charge in [-0.1, -0.05) is 140 Å². The van der Waals surface area contributed by atoms with Gasteiger partial charge in [0.15, 0.2) is 0 Å². The molecule has 0 fully saturated rings. The van der Waals surface area contributed by atoms with Gasteiger partial charge >= 0.3 is 0 Å². The molecule has 0 saturated carbocycles. The van der Waals surface area contributed by atoms with Gasteiger partial charge in [-0.2, -0.15) is 0 Å². The van der Waals surface area contributed by atoms with Crippen LogP contribution in [-0.2, 0) is 0 Å². The molecular formula is C44H27N3. The molecule has 0 N–H and O–H groups in total. The first kappa shape index (κ1) is 26.0. The van der Waals surface area contributed by atoms with Crippen LogP contribution in [-0.4, -0.2) is 14.5 Å². The van der Waals surface area contributed by atoms with Crippen molar-refractivity contribution >= 4 is 65.0 Å². The van der Waals surface area contributed by atoms with Gasteiger partial charge in [0.2, 0.25) is 5.95 Å². The molecule has 0 amide bonds. The topological polar surface area (TPSA) is 30.7 Å². The van der Waals surface area contributed by atoms with E-state index in [9.17, 15) is 0 Å². The van der Waals surface area contributed by atoms with Crippen LogP contribution in [0.1, 0.15) is 0 Å². The van der Waals surface area contributed by atoms with Crippen LogP contribution >= 0.6 is 0 Å². The van der Waals surface area contributed by atoms with Crippen LogP contribution in [0, 0.1) is 0 Å². The van der Waals surface area contributed by atoms with Crippen LogP contribution in [0.3, 0.4) is 0 Å². The Morgan fingerprint density at radius 3 is 1.74 bits per heavy atom. The van der Waals surface area contributed by atoms with E-state index < -0.39 is 0 Å². The maximum absolute atomic E-state index is 5.28. The summed E-state index contributed by atoms with van der Waals surface area (Å²) in [6, 6.07) is 58.4. The number of para-hydroxylation sites is 2. The van der Waals surface area contributed by atoms with Crippen LogP contribution in [0.15, 0.2) is 164 Å². The maximum Gasteiger partial charge on any atom is 0.235 e. The normalized spacial score (nSPS) is 11.8. The van der Waals surface area contributed by atoms with Crippen molar-refractivity contribution in [3.8, 4) is 28.3 Å². The average molecular weight is 598 g/mol. The third-order valence-corrected chi connectivity index (χ3v) is 9.60. The lowest BCUT2D eigenvalue weighted by Gasteiger charge is -2.14. The SMILES string of the molecule is c1ccc(-c2nc(-n3c4ccccc4c4c5ccc6c7ccccc7c(-c7ccccc7)cc6c5ccc43)nc3ccccc23)cc1. The molecule has 0 unspecified atom stereocenters. The minimum absolute atomic E-state index is 0.672. The summed E-state index contributed by atoms with van der Waals surface area (Å²) in [5.74, 6) is 0.672. The monoisotopic (exact) mass is 597 g/mol. The van der Waals surface area contributed by atoms with Gasteiger partial charge in [-0.05, 0) is 67.7 Å². The third kappa shape index (κ3) is 3.87. The minimum atomic E-state index is 0.672. The molecule has 2 heterocycles. The number of benzene rings is 8. The zero-order valence-electron chi connectivity index (χ0n) is 25.4. The largest absolute Gasteiger partial charge is 0.278 e. The first-order chi connectivity index (χ1) is 23.3. The van der Waals surface area contributed by atoms with Gasteiger partial charge in [-0.25, -0.2) is 9.97 Å². The van der Waals surface area contributed by atoms with Crippen molar-refractivity contribution in [3.63, 3.8) is 0 Å². The highest BCUT2D eigenvalue weighted by atomic mass is 15.2. The van der Waals surface area contributed by atoms with Gasteiger partial charge in [0, 0.05) is 21.7 Å². The minimum Gasteiger partial charge on any atom is -0.278 e. The van der Waals surface area contributed by atoms with E-state index in [4.69, 9.17) is 9.97 Å². The van der Waals surface area contributed by atoms with Crippen LogP contribution in [0.5, 0.6) is 0 Å². The first-order valence-electron chi connectivity index (χ1n) is 16.0. The van der Waals surface area contributed by atoms with Crippen LogP contribution in [0.4, 0.5) is 0 Å². The van der Waals surface area contributed by atoms with Gasteiger partial charge in [0.25, 0.3) is 0 Å². The quantitative estimate of drug-likeness (QED) is 0.190. The first-order valence-corrected chi connectivity index (χ1v) is 16.0. The third-order valence-electron chi connectivity index (χ3n) is 9.60. The van der Waals surface area contributed by atoms with Crippen LogP contribution in [0.25, 0.3) is 93.4 Å². The Bertz CT molecular complexity index is 2830. The van der Waals surface area contributed by atoms with Crippen molar-refractivity contribution in [2.24, 2.45) is 0 Å². The average Bonchev–Trinajstić information content (AvgIpc) is 3.49. The summed E-state index contributed by atoms with van der Waals surface area (Å²) in [7, 11) is 0. The van der Waals surface area contributed by atoms with Crippen molar-refractivity contribution in [1.29, 1.82) is 0 Å². The summed E-state index contributed by atoms with van der Waals surface area (Å²) >= 11 is 0. The molecule has 8 aromatic carbocycles. The smallest absolute Gasteiger partial charge is 0.235 e. The Hall–Kier alpha value is -6.32. The zero-order valence-corrected chi connectivity index (χ0v) is 25.4. The fraction of sp³-hybridized carbons (Fsp3) is 0. The molecule has 0 bridgehead atoms. The second-order valence-electron chi connectivity index (χ2n) is 12.2. The molecule has 10 aromatic rings. The number of hydrogen-bond acceptors (Lipinski definition) is 2. The highest BCUT2D eigenvalue weighted by Crippen LogP contribution is 2.42. The van der Waals surface area contributed by atoms with E-state index in [1.54, 1.807) is 0 Å². The Labute approximate surface area is 271 Å². The van der Waals surface area contributed by atoms with Crippen LogP contribution in [0.2, 0.25) is 0 Å². The predicted molar refractivity (Wildman–Crippen MR) is 197 cm³/mol. The van der Waals surface area contributed by atoms with Gasteiger partial charge in [0.05, 0.1) is 22.2 Å². The van der Waals surface area contributed by atoms with E-state index in [1.165, 1.54) is 54.2 Å². The van der Waals surface area contributed by atoms with Gasteiger partial charge < -0.3 is 0 Å². The van der Waals surface area contributed by atoms with Gasteiger partial charge in [0.1, 0.15) is 0 Å². The number of rotatable bonds is 3. The molecule has 0 aliphatic carbocycles. The van der Waals surface area contributed by atoms with E-state index in [1.807, 2.05) is 12.1 Å². The van der Waals surface area contributed by atoms with Crippen molar-refractivity contribution in [2.75, 3.05) is 0 Å². The Morgan fingerprint density at radius 2 is 0.936 bits per heavy atom. The van der Waals surface area contributed by atoms with Crippen molar-refractivity contribution in [3.05, 3.63) is 164 Å². The molecule has 0 aliphatic heterocycles. The maximum atomic E-state index is 5.28. The van der Waals surface area contributed by atoms with E-state index in [0.29, 0.717) is 5.95 Å². The second-order valence-corrected chi connectivity index (χ2v) is 12.2. The summed E-state index contributed by atoms with van der Waals surface area (Å²) in [5, 5.41) is 11.0. The molecule has 0 aliphatic rings. The molecule has 47 heavy (non-hydrogen) atoms. The fourth-order valence-corrected chi connectivity index (χ4v) is 7.51. The highest BCUT2D eigenvalue weighted by molar-refractivity contribution is 6.28. The molecule has 3 heteroatoms. The molecule has 218 valence electrons. The number of nitrogens with zero attached hydrogens (tertiary/aromatic N) is 3. The Kier molecular flexibility index (Phi) is 5.57. The zero-order chi connectivity index (χ0) is 30.9. The molecule has 10 rings (SSSR count). The lowest BCUT2D eigenvalue weighted by atomic mass is 9.90. The molecule has 0 atom stereocenters. The lowest BCUT2D eigenvalue weighted by molar-refractivity contribution is 1.01.